The molecule has 0 radical (unpaired) electrons. The molecule has 0 spiro atoms. The fraction of sp³-hybridized carbons (Fsp3) is 1.00. The lowest BCUT2D eigenvalue weighted by Crippen LogP contribution is -2.62. The smallest absolute Gasteiger partial charge is 0.0629 e. The van der Waals surface area contributed by atoms with Gasteiger partial charge < -0.3 is 10.1 Å². The zero-order chi connectivity index (χ0) is 9.76. The Labute approximate surface area is 86.4 Å². The Morgan fingerprint density at radius 1 is 1.14 bits per heavy atom. The zero-order valence-electron chi connectivity index (χ0n) is 9.25. The lowest BCUT2D eigenvalue weighted by molar-refractivity contribution is -0.126. The Kier molecular flexibility index (Phi) is 1.94. The first-order valence-electron chi connectivity index (χ1n) is 5.98. The average Bonchev–Trinajstić information content (AvgIpc) is 2.17. The number of hydrogen-bond acceptors (Lipinski definition) is 2. The highest BCUT2D eigenvalue weighted by atomic mass is 16.5. The van der Waals surface area contributed by atoms with Crippen LogP contribution in [0.15, 0.2) is 0 Å². The van der Waals surface area contributed by atoms with Gasteiger partial charge in [-0.25, -0.2) is 0 Å². The molecule has 14 heavy (non-hydrogen) atoms. The zero-order valence-corrected chi connectivity index (χ0v) is 9.25. The molecule has 0 aromatic rings. The SMILES string of the molecule is CN[C@]12CC3C[C@H](C1)C(OC)[C@@H](C3)C2. The van der Waals surface area contributed by atoms with Gasteiger partial charge >= 0.3 is 0 Å². The van der Waals surface area contributed by atoms with Crippen molar-refractivity contribution in [2.45, 2.75) is 43.7 Å². The molecule has 4 bridgehead atoms. The van der Waals surface area contributed by atoms with Crippen molar-refractivity contribution in [3.05, 3.63) is 0 Å². The second kappa shape index (κ2) is 2.96. The van der Waals surface area contributed by atoms with Crippen LogP contribution >= 0.6 is 0 Å². The van der Waals surface area contributed by atoms with Gasteiger partial charge in [0.05, 0.1) is 6.10 Å². The van der Waals surface area contributed by atoms with Gasteiger partial charge in [0, 0.05) is 12.6 Å². The summed E-state index contributed by atoms with van der Waals surface area (Å²) in [5, 5.41) is 3.60. The molecule has 0 aromatic heterocycles. The second-order valence-electron chi connectivity index (χ2n) is 5.70. The van der Waals surface area contributed by atoms with Crippen molar-refractivity contribution >= 4 is 0 Å². The fourth-order valence-corrected chi connectivity index (χ4v) is 4.67. The number of ether oxygens (including phenoxy) is 1. The summed E-state index contributed by atoms with van der Waals surface area (Å²) in [6.45, 7) is 0. The van der Waals surface area contributed by atoms with Gasteiger partial charge in [0.1, 0.15) is 0 Å². The molecule has 1 N–H and O–H groups in total. The van der Waals surface area contributed by atoms with Gasteiger partial charge in [0.2, 0.25) is 0 Å². The van der Waals surface area contributed by atoms with Crippen LogP contribution in [0, 0.1) is 17.8 Å². The highest BCUT2D eigenvalue weighted by Crippen LogP contribution is 2.56. The van der Waals surface area contributed by atoms with Crippen molar-refractivity contribution in [1.29, 1.82) is 0 Å². The summed E-state index contributed by atoms with van der Waals surface area (Å²) in [6, 6.07) is 0. The van der Waals surface area contributed by atoms with Crippen LogP contribution in [0.2, 0.25) is 0 Å². The van der Waals surface area contributed by atoms with Crippen LogP contribution in [0.1, 0.15) is 32.1 Å². The van der Waals surface area contributed by atoms with Crippen LogP contribution < -0.4 is 5.32 Å². The highest BCUT2D eigenvalue weighted by molar-refractivity contribution is 5.09. The maximum Gasteiger partial charge on any atom is 0.0629 e. The van der Waals surface area contributed by atoms with E-state index in [4.69, 9.17) is 4.74 Å². The summed E-state index contributed by atoms with van der Waals surface area (Å²) >= 11 is 0. The second-order valence-corrected chi connectivity index (χ2v) is 5.70. The van der Waals surface area contributed by atoms with Crippen LogP contribution in [-0.2, 0) is 4.74 Å². The predicted octanol–water partition coefficient (Wildman–Crippen LogP) is 1.80. The van der Waals surface area contributed by atoms with E-state index in [1.807, 2.05) is 7.11 Å². The van der Waals surface area contributed by atoms with Crippen LogP contribution in [-0.4, -0.2) is 25.8 Å². The summed E-state index contributed by atoms with van der Waals surface area (Å²) < 4.78 is 5.69. The molecule has 0 aromatic carbocycles. The number of methoxy groups -OCH3 is 1. The molecule has 4 rings (SSSR count). The summed E-state index contributed by atoms with van der Waals surface area (Å²) in [5.74, 6) is 2.68. The van der Waals surface area contributed by atoms with E-state index in [2.05, 4.69) is 12.4 Å². The van der Waals surface area contributed by atoms with Crippen LogP contribution in [0.4, 0.5) is 0 Å². The maximum atomic E-state index is 5.69. The molecule has 0 heterocycles. The normalized spacial score (nSPS) is 55.3. The molecular formula is C12H21NO. The van der Waals surface area contributed by atoms with Gasteiger partial charge in [0.25, 0.3) is 0 Å². The summed E-state index contributed by atoms with van der Waals surface area (Å²) in [6.07, 6.45) is 7.57. The quantitative estimate of drug-likeness (QED) is 0.725. The Morgan fingerprint density at radius 2 is 1.79 bits per heavy atom. The molecule has 2 unspecified atom stereocenters. The molecule has 0 amide bonds. The first-order valence-corrected chi connectivity index (χ1v) is 5.98. The highest BCUT2D eigenvalue weighted by Gasteiger charge is 2.54. The van der Waals surface area contributed by atoms with Gasteiger partial charge in [-0.2, -0.15) is 0 Å². The molecule has 2 nitrogen and oxygen atoms in total. The van der Waals surface area contributed by atoms with Gasteiger partial charge in [-0.05, 0) is 56.9 Å². The van der Waals surface area contributed by atoms with E-state index in [0.29, 0.717) is 11.6 Å². The van der Waals surface area contributed by atoms with E-state index in [1.165, 1.54) is 32.1 Å². The van der Waals surface area contributed by atoms with Gasteiger partial charge in [-0.1, -0.05) is 0 Å². The lowest BCUT2D eigenvalue weighted by atomic mass is 9.52. The monoisotopic (exact) mass is 195 g/mol. The van der Waals surface area contributed by atoms with Gasteiger partial charge in [-0.15, -0.1) is 0 Å². The van der Waals surface area contributed by atoms with Crippen molar-refractivity contribution in [2.24, 2.45) is 17.8 Å². The van der Waals surface area contributed by atoms with E-state index in [0.717, 1.165) is 17.8 Å². The fourth-order valence-electron chi connectivity index (χ4n) is 4.67. The van der Waals surface area contributed by atoms with Crippen molar-refractivity contribution in [1.82, 2.24) is 5.32 Å². The predicted molar refractivity (Wildman–Crippen MR) is 56.1 cm³/mol. The standard InChI is InChI=1S/C12H21NO/c1-13-12-5-8-3-9(6-12)11(14-2)10(4-8)7-12/h8-11,13H,3-7H2,1-2H3/t8?,9-,10+,11?,12-. The minimum atomic E-state index is 0.492. The minimum Gasteiger partial charge on any atom is -0.381 e. The molecule has 2 heteroatoms. The summed E-state index contributed by atoms with van der Waals surface area (Å²) in [5.41, 5.74) is 0.492. The minimum absolute atomic E-state index is 0.492. The van der Waals surface area contributed by atoms with E-state index < -0.39 is 0 Å². The molecule has 4 saturated carbocycles. The first kappa shape index (κ1) is 9.17. The van der Waals surface area contributed by atoms with Crippen LogP contribution in [0.25, 0.3) is 0 Å². The van der Waals surface area contributed by atoms with E-state index in [1.54, 1.807) is 0 Å². The van der Waals surface area contributed by atoms with Gasteiger partial charge in [0.15, 0.2) is 0 Å². The Morgan fingerprint density at radius 3 is 2.29 bits per heavy atom. The molecule has 4 fully saturated rings. The Hall–Kier alpha value is -0.0800. The Bertz CT molecular complexity index is 224. The largest absolute Gasteiger partial charge is 0.381 e. The van der Waals surface area contributed by atoms with Crippen molar-refractivity contribution < 1.29 is 4.74 Å². The number of rotatable bonds is 2. The third kappa shape index (κ3) is 1.10. The maximum absolute atomic E-state index is 5.69. The third-order valence-corrected chi connectivity index (χ3v) is 4.99. The van der Waals surface area contributed by atoms with Gasteiger partial charge in [-0.3, -0.25) is 0 Å². The Balaban J connectivity index is 1.88. The summed E-state index contributed by atoms with van der Waals surface area (Å²) in [4.78, 5) is 0. The molecule has 4 aliphatic carbocycles. The van der Waals surface area contributed by atoms with Crippen molar-refractivity contribution in [3.8, 4) is 0 Å². The van der Waals surface area contributed by atoms with Crippen molar-refractivity contribution in [2.75, 3.05) is 14.2 Å². The lowest BCUT2D eigenvalue weighted by Gasteiger charge is -2.59. The molecule has 4 aliphatic rings. The molecule has 80 valence electrons. The van der Waals surface area contributed by atoms with Crippen molar-refractivity contribution in [3.63, 3.8) is 0 Å². The van der Waals surface area contributed by atoms with Crippen LogP contribution in [0.5, 0.6) is 0 Å². The van der Waals surface area contributed by atoms with Crippen LogP contribution in [0.3, 0.4) is 0 Å². The van der Waals surface area contributed by atoms with E-state index in [-0.39, 0.29) is 0 Å². The molecular weight excluding hydrogens is 174 g/mol. The molecule has 0 aliphatic heterocycles. The molecule has 0 saturated heterocycles. The topological polar surface area (TPSA) is 21.3 Å². The van der Waals surface area contributed by atoms with E-state index >= 15 is 0 Å². The third-order valence-electron chi connectivity index (χ3n) is 4.99. The number of hydrogen-bond donors (Lipinski definition) is 1. The number of nitrogens with one attached hydrogen (secondary N) is 1. The average molecular weight is 195 g/mol. The summed E-state index contributed by atoms with van der Waals surface area (Å²) in [7, 11) is 4.05. The van der Waals surface area contributed by atoms with E-state index in [9.17, 15) is 0 Å². The molecule has 5 atom stereocenters. The first-order chi connectivity index (χ1) is 6.76.